The fourth-order valence-electron chi connectivity index (χ4n) is 4.56. The van der Waals surface area contributed by atoms with Gasteiger partial charge in [-0.3, -0.25) is 9.78 Å². The van der Waals surface area contributed by atoms with Crippen LogP contribution < -0.4 is 10.6 Å². The molecule has 0 unspecified atom stereocenters. The third-order valence-corrected chi connectivity index (χ3v) is 8.24. The molecule has 1 aliphatic heterocycles. The smallest absolute Gasteiger partial charge is 0.251 e. The average molecular weight is 500 g/mol. The van der Waals surface area contributed by atoms with Crippen LogP contribution in [0.3, 0.4) is 0 Å². The quantitative estimate of drug-likeness (QED) is 0.514. The van der Waals surface area contributed by atoms with Crippen molar-refractivity contribution in [2.75, 3.05) is 23.4 Å². The molecule has 1 saturated carbocycles. The number of nitrogens with zero attached hydrogens (tertiary/aromatic N) is 3. The highest BCUT2D eigenvalue weighted by atomic mass is 32.2. The summed E-state index contributed by atoms with van der Waals surface area (Å²) in [5.74, 6) is -0.439. The summed E-state index contributed by atoms with van der Waals surface area (Å²) < 4.78 is 50.7. The van der Waals surface area contributed by atoms with E-state index in [0.717, 1.165) is 0 Å². The minimum absolute atomic E-state index is 0.0430. The molecule has 11 heteroatoms. The fraction of sp³-hybridized carbons (Fsp3) is 0.333. The van der Waals surface area contributed by atoms with E-state index >= 15 is 0 Å². The average Bonchev–Trinajstić information content (AvgIpc) is 2.81. The zero-order chi connectivity index (χ0) is 24.6. The van der Waals surface area contributed by atoms with Crippen molar-refractivity contribution in [3.05, 3.63) is 71.8 Å². The van der Waals surface area contributed by atoms with Gasteiger partial charge in [-0.2, -0.15) is 0 Å². The molecule has 0 atom stereocenters. The van der Waals surface area contributed by atoms with E-state index in [-0.39, 0.29) is 48.5 Å². The normalized spacial score (nSPS) is 23.1. The Labute approximate surface area is 201 Å². The summed E-state index contributed by atoms with van der Waals surface area (Å²) in [6.07, 6.45) is 0.871. The summed E-state index contributed by atoms with van der Waals surface area (Å²) in [6.45, 7) is 0.266. The third-order valence-electron chi connectivity index (χ3n) is 6.42. The molecule has 5 rings (SSSR count). The monoisotopic (exact) mass is 499 g/mol. The van der Waals surface area contributed by atoms with Crippen molar-refractivity contribution in [3.63, 3.8) is 0 Å². The van der Waals surface area contributed by atoms with Crippen LogP contribution in [0.1, 0.15) is 28.9 Å². The van der Waals surface area contributed by atoms with Crippen LogP contribution in [0.2, 0.25) is 0 Å². The van der Waals surface area contributed by atoms with E-state index in [2.05, 4.69) is 25.8 Å². The topological polar surface area (TPSA) is 114 Å². The second-order valence-electron chi connectivity index (χ2n) is 9.11. The van der Waals surface area contributed by atoms with Crippen LogP contribution in [0, 0.1) is 5.82 Å². The van der Waals surface area contributed by atoms with Gasteiger partial charge in [-0.15, -0.1) is 10.2 Å². The summed E-state index contributed by atoms with van der Waals surface area (Å²) >= 11 is 0. The minimum atomic E-state index is -3.03. The summed E-state index contributed by atoms with van der Waals surface area (Å²) in [4.78, 5) is 16.6. The first kappa shape index (κ1) is 23.3. The maximum absolute atomic E-state index is 14.3. The van der Waals surface area contributed by atoms with E-state index < -0.39 is 27.2 Å². The number of alkyl halides is 1. The first-order valence-corrected chi connectivity index (χ1v) is 13.0. The molecular weight excluding hydrogens is 476 g/mol. The van der Waals surface area contributed by atoms with Crippen LogP contribution in [-0.4, -0.2) is 59.8 Å². The fourth-order valence-corrected chi connectivity index (χ4v) is 5.86. The molecule has 8 nitrogen and oxygen atoms in total. The van der Waals surface area contributed by atoms with Gasteiger partial charge in [0.05, 0.1) is 28.9 Å². The molecule has 1 aromatic carbocycles. The Bertz CT molecular complexity index is 1350. The Balaban J connectivity index is 1.25. The summed E-state index contributed by atoms with van der Waals surface area (Å²) in [5.41, 5.74) is 1.10. The molecular formula is C24H23F2N5O3S. The van der Waals surface area contributed by atoms with Gasteiger partial charge in [0.25, 0.3) is 5.91 Å². The van der Waals surface area contributed by atoms with Gasteiger partial charge in [-0.25, -0.2) is 17.2 Å². The molecule has 182 valence electrons. The number of rotatable bonds is 7. The van der Waals surface area contributed by atoms with Crippen molar-refractivity contribution < 1.29 is 22.0 Å². The maximum Gasteiger partial charge on any atom is 0.251 e. The zero-order valence-corrected chi connectivity index (χ0v) is 19.4. The van der Waals surface area contributed by atoms with E-state index in [9.17, 15) is 22.0 Å². The number of hydrogen-bond donors (Lipinski definition) is 2. The van der Waals surface area contributed by atoms with E-state index in [1.807, 2.05) is 0 Å². The van der Waals surface area contributed by atoms with Gasteiger partial charge >= 0.3 is 0 Å². The minimum Gasteiger partial charge on any atom is -0.368 e. The SMILES string of the molecule is O=C(NC1CS(=O)(=O)C1)c1cccc(-c2ccc(NC[C@]3(c4ncccc4F)C[C@H](F)C3)nn2)c1. The third kappa shape index (κ3) is 4.86. The first-order valence-electron chi connectivity index (χ1n) is 11.2. The molecule has 2 fully saturated rings. The number of carbonyl (C=O) groups excluding carboxylic acids is 1. The number of sulfone groups is 1. The van der Waals surface area contributed by atoms with Crippen LogP contribution in [-0.2, 0) is 15.3 Å². The van der Waals surface area contributed by atoms with Crippen molar-refractivity contribution in [2.45, 2.75) is 30.5 Å². The van der Waals surface area contributed by atoms with Crippen LogP contribution >= 0.6 is 0 Å². The number of anilines is 1. The first-order chi connectivity index (χ1) is 16.7. The molecule has 0 bridgehead atoms. The van der Waals surface area contributed by atoms with Crippen LogP contribution in [0.5, 0.6) is 0 Å². The predicted octanol–water partition coefficient (Wildman–Crippen LogP) is 2.69. The lowest BCUT2D eigenvalue weighted by Gasteiger charge is -2.44. The number of aromatic nitrogens is 3. The standard InChI is InChI=1S/C24H23F2N5O3S/c25-17-10-24(11-17,22-19(26)5-2-8-27-22)14-28-21-7-6-20(30-31-21)15-3-1-4-16(9-15)23(32)29-18-12-35(33,34)13-18/h1-9,17-18H,10-14H2,(H,28,31)(H,29,32)/t17-,24-. The highest BCUT2D eigenvalue weighted by Gasteiger charge is 2.48. The second-order valence-corrected chi connectivity index (χ2v) is 11.3. The van der Waals surface area contributed by atoms with Crippen molar-refractivity contribution in [1.82, 2.24) is 20.5 Å². The Kier molecular flexibility index (Phi) is 5.96. The van der Waals surface area contributed by atoms with E-state index in [1.165, 1.54) is 18.3 Å². The number of carbonyl (C=O) groups is 1. The van der Waals surface area contributed by atoms with Gasteiger partial charge in [-0.1, -0.05) is 12.1 Å². The predicted molar refractivity (Wildman–Crippen MR) is 126 cm³/mol. The van der Waals surface area contributed by atoms with Crippen LogP contribution in [0.4, 0.5) is 14.6 Å². The number of hydrogen-bond acceptors (Lipinski definition) is 7. The number of pyridine rings is 1. The molecule has 1 saturated heterocycles. The van der Waals surface area contributed by atoms with Crippen LogP contribution in [0.25, 0.3) is 11.3 Å². The number of halogens is 2. The van der Waals surface area contributed by atoms with Crippen molar-refractivity contribution in [3.8, 4) is 11.3 Å². The van der Waals surface area contributed by atoms with Crippen molar-refractivity contribution >= 4 is 21.6 Å². The van der Waals surface area contributed by atoms with E-state index in [1.54, 1.807) is 36.4 Å². The molecule has 2 aliphatic rings. The van der Waals surface area contributed by atoms with Gasteiger partial charge in [0, 0.05) is 29.3 Å². The number of nitrogens with one attached hydrogen (secondary N) is 2. The molecule has 1 amide bonds. The summed E-state index contributed by atoms with van der Waals surface area (Å²) in [5, 5.41) is 14.2. The van der Waals surface area contributed by atoms with Gasteiger partial charge < -0.3 is 10.6 Å². The molecule has 2 aromatic heterocycles. The Morgan fingerprint density at radius 3 is 2.54 bits per heavy atom. The Morgan fingerprint density at radius 2 is 1.89 bits per heavy atom. The lowest BCUT2D eigenvalue weighted by atomic mass is 9.65. The van der Waals surface area contributed by atoms with Crippen LogP contribution in [0.15, 0.2) is 54.7 Å². The van der Waals surface area contributed by atoms with Crippen molar-refractivity contribution in [2.24, 2.45) is 0 Å². The highest BCUT2D eigenvalue weighted by Crippen LogP contribution is 2.45. The van der Waals surface area contributed by atoms with Gasteiger partial charge in [0.2, 0.25) is 0 Å². The Morgan fingerprint density at radius 1 is 1.09 bits per heavy atom. The zero-order valence-electron chi connectivity index (χ0n) is 18.6. The molecule has 1 aliphatic carbocycles. The second kappa shape index (κ2) is 8.95. The van der Waals surface area contributed by atoms with Crippen molar-refractivity contribution in [1.29, 1.82) is 0 Å². The lowest BCUT2D eigenvalue weighted by molar-refractivity contribution is 0.0941. The Hall–Kier alpha value is -3.47. The largest absolute Gasteiger partial charge is 0.368 e. The molecule has 3 aromatic rings. The van der Waals surface area contributed by atoms with Gasteiger partial charge in [0.1, 0.15) is 17.8 Å². The number of amides is 1. The molecule has 0 radical (unpaired) electrons. The lowest BCUT2D eigenvalue weighted by Crippen LogP contribution is -2.52. The van der Waals surface area contributed by atoms with E-state index in [4.69, 9.17) is 0 Å². The number of benzene rings is 1. The summed E-state index contributed by atoms with van der Waals surface area (Å²) in [7, 11) is -3.03. The van der Waals surface area contributed by atoms with E-state index in [0.29, 0.717) is 22.6 Å². The van der Waals surface area contributed by atoms with Gasteiger partial charge in [-0.05, 0) is 49.2 Å². The molecule has 2 N–H and O–H groups in total. The summed E-state index contributed by atoms with van der Waals surface area (Å²) in [6, 6.07) is 12.7. The maximum atomic E-state index is 14.3. The molecule has 0 spiro atoms. The molecule has 35 heavy (non-hydrogen) atoms. The highest BCUT2D eigenvalue weighted by molar-refractivity contribution is 7.92. The van der Waals surface area contributed by atoms with Gasteiger partial charge in [0.15, 0.2) is 9.84 Å². The molecule has 3 heterocycles.